The Morgan fingerprint density at radius 2 is 1.97 bits per heavy atom. The summed E-state index contributed by atoms with van der Waals surface area (Å²) in [5.74, 6) is 1.08. The monoisotopic (exact) mass is 419 g/mol. The SMILES string of the molecule is O=C(Nc1ccnn1Cc1ccccn1)[C@@H]1CC(=O)N(c2ccc3c(c2)OCCO3)C1. The zero-order chi connectivity index (χ0) is 21.2. The molecule has 1 atom stereocenters. The third kappa shape index (κ3) is 3.94. The average molecular weight is 419 g/mol. The predicted molar refractivity (Wildman–Crippen MR) is 112 cm³/mol. The number of nitrogens with one attached hydrogen (secondary N) is 1. The molecular weight excluding hydrogens is 398 g/mol. The maximum Gasteiger partial charge on any atom is 0.230 e. The average Bonchev–Trinajstić information content (AvgIpc) is 3.40. The standard InChI is InChI=1S/C22H21N5O4/c28-21-11-15(13-26(21)17-4-5-18-19(12-17)31-10-9-30-18)22(29)25-20-6-8-24-27(20)14-16-3-1-2-7-23-16/h1-8,12,15H,9-11,13-14H2,(H,25,29)/t15-/m1/s1. The number of anilines is 2. The van der Waals surface area contributed by atoms with Gasteiger partial charge in [0.15, 0.2) is 11.5 Å². The zero-order valence-electron chi connectivity index (χ0n) is 16.7. The fraction of sp³-hybridized carbons (Fsp3) is 0.273. The molecule has 2 aromatic heterocycles. The van der Waals surface area contributed by atoms with Gasteiger partial charge >= 0.3 is 0 Å². The Hall–Kier alpha value is -3.88. The van der Waals surface area contributed by atoms with Crippen molar-refractivity contribution in [2.24, 2.45) is 5.92 Å². The molecule has 1 saturated heterocycles. The van der Waals surface area contributed by atoms with E-state index >= 15 is 0 Å². The van der Waals surface area contributed by atoms with Crippen molar-refractivity contribution >= 4 is 23.3 Å². The van der Waals surface area contributed by atoms with E-state index in [4.69, 9.17) is 9.47 Å². The van der Waals surface area contributed by atoms with Crippen LogP contribution in [-0.2, 0) is 16.1 Å². The van der Waals surface area contributed by atoms with Crippen LogP contribution in [0.1, 0.15) is 12.1 Å². The number of nitrogens with zero attached hydrogens (tertiary/aromatic N) is 4. The number of hydrogen-bond donors (Lipinski definition) is 1. The highest BCUT2D eigenvalue weighted by Gasteiger charge is 2.36. The Labute approximate surface area is 178 Å². The molecule has 0 unspecified atom stereocenters. The minimum Gasteiger partial charge on any atom is -0.486 e. The molecule has 9 nitrogen and oxygen atoms in total. The summed E-state index contributed by atoms with van der Waals surface area (Å²) in [5.41, 5.74) is 1.53. The molecule has 1 aromatic carbocycles. The summed E-state index contributed by atoms with van der Waals surface area (Å²) in [7, 11) is 0. The van der Waals surface area contributed by atoms with Crippen molar-refractivity contribution in [1.29, 1.82) is 0 Å². The maximum absolute atomic E-state index is 12.9. The van der Waals surface area contributed by atoms with Crippen LogP contribution in [0, 0.1) is 5.92 Å². The fourth-order valence-corrected chi connectivity index (χ4v) is 3.77. The first-order valence-electron chi connectivity index (χ1n) is 10.1. The predicted octanol–water partition coefficient (Wildman–Crippen LogP) is 2.09. The van der Waals surface area contributed by atoms with Crippen molar-refractivity contribution in [1.82, 2.24) is 14.8 Å². The molecule has 1 fully saturated rings. The number of aromatic nitrogens is 3. The molecule has 2 aliphatic heterocycles. The largest absolute Gasteiger partial charge is 0.486 e. The molecule has 2 aliphatic rings. The molecule has 3 aromatic rings. The van der Waals surface area contributed by atoms with Crippen LogP contribution in [-0.4, -0.2) is 46.3 Å². The second-order valence-corrected chi connectivity index (χ2v) is 7.42. The highest BCUT2D eigenvalue weighted by molar-refractivity contribution is 6.03. The van der Waals surface area contributed by atoms with Gasteiger partial charge in [-0.2, -0.15) is 5.10 Å². The molecule has 0 bridgehead atoms. The van der Waals surface area contributed by atoms with E-state index in [2.05, 4.69) is 15.4 Å². The smallest absolute Gasteiger partial charge is 0.230 e. The first-order valence-corrected chi connectivity index (χ1v) is 10.1. The molecule has 158 valence electrons. The summed E-state index contributed by atoms with van der Waals surface area (Å²) < 4.78 is 12.8. The number of carbonyl (C=O) groups is 2. The lowest BCUT2D eigenvalue weighted by Gasteiger charge is -2.22. The summed E-state index contributed by atoms with van der Waals surface area (Å²) >= 11 is 0. The van der Waals surface area contributed by atoms with Gasteiger partial charge in [-0.1, -0.05) is 6.07 Å². The van der Waals surface area contributed by atoms with E-state index in [1.807, 2.05) is 24.3 Å². The number of fused-ring (bicyclic) bond motifs is 1. The number of pyridine rings is 1. The van der Waals surface area contributed by atoms with Crippen LogP contribution in [0.25, 0.3) is 0 Å². The van der Waals surface area contributed by atoms with Gasteiger partial charge in [0.1, 0.15) is 19.0 Å². The third-order valence-electron chi connectivity index (χ3n) is 5.34. The van der Waals surface area contributed by atoms with E-state index in [1.54, 1.807) is 40.2 Å². The Bertz CT molecular complexity index is 1110. The first kappa shape index (κ1) is 19.1. The van der Waals surface area contributed by atoms with E-state index in [9.17, 15) is 9.59 Å². The molecule has 31 heavy (non-hydrogen) atoms. The quantitative estimate of drug-likeness (QED) is 0.680. The molecule has 2 amide bonds. The van der Waals surface area contributed by atoms with Crippen LogP contribution in [0.3, 0.4) is 0 Å². The summed E-state index contributed by atoms with van der Waals surface area (Å²) in [6.45, 7) is 1.73. The lowest BCUT2D eigenvalue weighted by molar-refractivity contribution is -0.122. The Kier molecular flexibility index (Phi) is 4.99. The fourth-order valence-electron chi connectivity index (χ4n) is 3.77. The summed E-state index contributed by atoms with van der Waals surface area (Å²) in [5, 5.41) is 7.17. The van der Waals surface area contributed by atoms with Crippen LogP contribution >= 0.6 is 0 Å². The molecule has 0 spiro atoms. The molecule has 0 saturated carbocycles. The van der Waals surface area contributed by atoms with Crippen molar-refractivity contribution in [3.63, 3.8) is 0 Å². The van der Waals surface area contributed by atoms with Crippen LogP contribution in [0.2, 0.25) is 0 Å². The minimum absolute atomic E-state index is 0.0983. The topological polar surface area (TPSA) is 98.6 Å². The van der Waals surface area contributed by atoms with Crippen LogP contribution in [0.4, 0.5) is 11.5 Å². The van der Waals surface area contributed by atoms with Crippen molar-refractivity contribution in [2.45, 2.75) is 13.0 Å². The number of carbonyl (C=O) groups excluding carboxylic acids is 2. The van der Waals surface area contributed by atoms with Crippen molar-refractivity contribution in [3.05, 3.63) is 60.6 Å². The number of ether oxygens (including phenoxy) is 2. The Balaban J connectivity index is 1.27. The van der Waals surface area contributed by atoms with Gasteiger partial charge < -0.3 is 19.7 Å². The van der Waals surface area contributed by atoms with Gasteiger partial charge in [0.25, 0.3) is 0 Å². The second kappa shape index (κ2) is 8.10. The first-order chi connectivity index (χ1) is 15.2. The van der Waals surface area contributed by atoms with Gasteiger partial charge in [-0.05, 0) is 24.3 Å². The van der Waals surface area contributed by atoms with Crippen molar-refractivity contribution in [3.8, 4) is 11.5 Å². The lowest BCUT2D eigenvalue weighted by Crippen LogP contribution is -2.29. The van der Waals surface area contributed by atoms with Crippen LogP contribution in [0.5, 0.6) is 11.5 Å². The summed E-state index contributed by atoms with van der Waals surface area (Å²) in [4.78, 5) is 31.4. The van der Waals surface area contributed by atoms with Crippen molar-refractivity contribution < 1.29 is 19.1 Å². The molecule has 0 aliphatic carbocycles. The summed E-state index contributed by atoms with van der Waals surface area (Å²) in [6.07, 6.45) is 3.49. The molecular formula is C22H21N5O4. The number of benzene rings is 1. The van der Waals surface area contributed by atoms with E-state index < -0.39 is 5.92 Å². The lowest BCUT2D eigenvalue weighted by atomic mass is 10.1. The molecule has 5 rings (SSSR count). The second-order valence-electron chi connectivity index (χ2n) is 7.42. The van der Waals surface area contributed by atoms with E-state index in [0.29, 0.717) is 49.3 Å². The maximum atomic E-state index is 12.9. The van der Waals surface area contributed by atoms with Gasteiger partial charge in [-0.3, -0.25) is 14.6 Å². The molecule has 9 heteroatoms. The van der Waals surface area contributed by atoms with Gasteiger partial charge in [0, 0.05) is 37.0 Å². The van der Waals surface area contributed by atoms with E-state index in [0.717, 1.165) is 5.69 Å². The van der Waals surface area contributed by atoms with E-state index in [1.165, 1.54) is 0 Å². The molecule has 1 N–H and O–H groups in total. The van der Waals surface area contributed by atoms with Gasteiger partial charge in [-0.15, -0.1) is 0 Å². The molecule has 4 heterocycles. The van der Waals surface area contributed by atoms with Gasteiger partial charge in [-0.25, -0.2) is 4.68 Å². The van der Waals surface area contributed by atoms with Crippen LogP contribution in [0.15, 0.2) is 54.9 Å². The Morgan fingerprint density at radius 3 is 2.81 bits per heavy atom. The molecule has 0 radical (unpaired) electrons. The third-order valence-corrected chi connectivity index (χ3v) is 5.34. The number of hydrogen-bond acceptors (Lipinski definition) is 6. The number of rotatable bonds is 5. The van der Waals surface area contributed by atoms with Gasteiger partial charge in [0.05, 0.1) is 24.4 Å². The van der Waals surface area contributed by atoms with E-state index in [-0.39, 0.29) is 18.2 Å². The zero-order valence-corrected chi connectivity index (χ0v) is 16.7. The van der Waals surface area contributed by atoms with Gasteiger partial charge in [0.2, 0.25) is 11.8 Å². The van der Waals surface area contributed by atoms with Crippen LogP contribution < -0.4 is 19.7 Å². The normalized spacial score (nSPS) is 17.6. The van der Waals surface area contributed by atoms with Crippen molar-refractivity contribution in [2.75, 3.05) is 30.0 Å². The highest BCUT2D eigenvalue weighted by Crippen LogP contribution is 2.36. The highest BCUT2D eigenvalue weighted by atomic mass is 16.6. The Morgan fingerprint density at radius 1 is 1.10 bits per heavy atom. The minimum atomic E-state index is -0.459. The summed E-state index contributed by atoms with van der Waals surface area (Å²) in [6, 6.07) is 12.8. The number of amides is 2.